The topological polar surface area (TPSA) is 37.4 Å². The minimum atomic E-state index is 0. The number of hydrogen-bond acceptors (Lipinski definition) is 1. The number of nitrogens with zero attached hydrogens (tertiary/aromatic N) is 2. The van der Waals surface area contributed by atoms with Crippen LogP contribution in [0.15, 0.2) is 0 Å². The number of ether oxygens (including phenoxy) is 1. The summed E-state index contributed by atoms with van der Waals surface area (Å²) in [6, 6.07) is 0. The van der Waals surface area contributed by atoms with E-state index in [1.807, 2.05) is 0 Å². The minimum absolute atomic E-state index is 0. The van der Waals surface area contributed by atoms with E-state index >= 15 is 0 Å². The molecule has 0 heterocycles. The second-order valence-corrected chi connectivity index (χ2v) is 4.41. The van der Waals surface area contributed by atoms with E-state index in [-0.39, 0.29) is 43.0 Å². The fourth-order valence-corrected chi connectivity index (χ4v) is 2.12. The third kappa shape index (κ3) is 17.1. The molecule has 0 unspecified atom stereocenters. The molecule has 1 rings (SSSR count). The van der Waals surface area contributed by atoms with Crippen LogP contribution in [0, 0.1) is 48.9 Å². The van der Waals surface area contributed by atoms with Gasteiger partial charge in [0, 0.05) is 13.7 Å². The third-order valence-electron chi connectivity index (χ3n) is 2.97. The second-order valence-electron chi connectivity index (χ2n) is 4.41. The van der Waals surface area contributed by atoms with Crippen molar-refractivity contribution in [3.63, 3.8) is 0 Å². The van der Waals surface area contributed by atoms with Gasteiger partial charge in [0.2, 0.25) is 0 Å². The fraction of sp³-hybridized carbons (Fsp3) is 0.929. The molecule has 1 saturated carbocycles. The van der Waals surface area contributed by atoms with Crippen LogP contribution in [0.3, 0.4) is 0 Å². The van der Waals surface area contributed by atoms with Gasteiger partial charge in [0.15, 0.2) is 0 Å². The molecule has 0 atom stereocenters. The van der Waals surface area contributed by atoms with E-state index in [1.165, 1.54) is 44.9 Å². The first-order valence-corrected chi connectivity index (χ1v) is 6.45. The Morgan fingerprint density at radius 1 is 1.06 bits per heavy atom. The van der Waals surface area contributed by atoms with Gasteiger partial charge in [0.25, 0.3) is 0 Å². The van der Waals surface area contributed by atoms with Gasteiger partial charge in [-0.25, -0.2) is 0 Å². The smallest absolute Gasteiger partial charge is 0.683 e. The largest absolute Gasteiger partial charge is 3.00 e. The maximum absolute atomic E-state index is 5.01. The molecule has 1 fully saturated rings. The first kappa shape index (κ1) is 24.1. The molecule has 106 valence electrons. The summed E-state index contributed by atoms with van der Waals surface area (Å²) >= 11 is 0. The molecule has 0 spiro atoms. The van der Waals surface area contributed by atoms with Crippen LogP contribution in [0.2, 0.25) is 0 Å². The van der Waals surface area contributed by atoms with E-state index in [9.17, 15) is 0 Å². The quantitative estimate of drug-likeness (QED) is 0.475. The molecule has 1 aliphatic rings. The molecule has 3 nitrogen and oxygen atoms in total. The van der Waals surface area contributed by atoms with Gasteiger partial charge in [-0.1, -0.05) is 38.5 Å². The summed E-state index contributed by atoms with van der Waals surface area (Å²) < 4.78 is 5.01. The zero-order chi connectivity index (χ0) is 12.1. The molecule has 0 amide bonds. The molecule has 0 radical (unpaired) electrons. The van der Waals surface area contributed by atoms with Crippen molar-refractivity contribution in [2.75, 3.05) is 34.5 Å². The van der Waals surface area contributed by atoms with Crippen LogP contribution in [0.4, 0.5) is 0 Å². The molecule has 0 aromatic heterocycles. The summed E-state index contributed by atoms with van der Waals surface area (Å²) in [5.74, 6) is 1.06. The Balaban J connectivity index is -0.000000282. The van der Waals surface area contributed by atoms with Crippen LogP contribution in [0.1, 0.15) is 44.9 Å². The van der Waals surface area contributed by atoms with E-state index in [1.54, 1.807) is 21.2 Å². The summed E-state index contributed by atoms with van der Waals surface area (Å²) in [7, 11) is 5.27. The molecule has 0 N–H and O–H groups in total. The second kappa shape index (κ2) is 20.4. The third-order valence-corrected chi connectivity index (χ3v) is 2.97. The zero-order valence-corrected chi connectivity index (χ0v) is 16.4. The van der Waals surface area contributed by atoms with Crippen molar-refractivity contribution in [3.8, 4) is 0 Å². The van der Waals surface area contributed by atoms with Gasteiger partial charge in [0.1, 0.15) is 0 Å². The Bertz CT molecular complexity index is 129. The van der Waals surface area contributed by atoms with Gasteiger partial charge in [0.05, 0.1) is 0 Å². The SMILES string of the molecule is COCCCCC1CCCC1.C[N-]C[N-]C.[CH3-].[La+3]. The predicted molar refractivity (Wildman–Crippen MR) is 77.5 cm³/mol. The number of methoxy groups -OCH3 is 1. The molecule has 1 aliphatic carbocycles. The number of rotatable bonds is 7. The van der Waals surface area contributed by atoms with Crippen LogP contribution in [0.5, 0.6) is 0 Å². The van der Waals surface area contributed by atoms with Crippen molar-refractivity contribution in [3.05, 3.63) is 18.1 Å². The molecule has 0 aromatic carbocycles. The molecule has 4 heteroatoms. The summed E-state index contributed by atoms with van der Waals surface area (Å²) in [4.78, 5) is 0. The van der Waals surface area contributed by atoms with Crippen LogP contribution in [-0.2, 0) is 4.74 Å². The van der Waals surface area contributed by atoms with Crippen molar-refractivity contribution < 1.29 is 40.3 Å². The fourth-order valence-electron chi connectivity index (χ4n) is 2.12. The Hall–Kier alpha value is 1.07. The molecular weight excluding hydrogens is 351 g/mol. The van der Waals surface area contributed by atoms with Gasteiger partial charge in [-0.2, -0.15) is 14.1 Å². The summed E-state index contributed by atoms with van der Waals surface area (Å²) in [6.45, 7) is 1.59. The Morgan fingerprint density at radius 2 is 1.61 bits per heavy atom. The number of hydrogen-bond donors (Lipinski definition) is 0. The number of unbranched alkanes of at least 4 members (excludes halogenated alkanes) is 1. The molecular formula is C14H31LaN2O. The van der Waals surface area contributed by atoms with Crippen molar-refractivity contribution in [2.24, 2.45) is 5.92 Å². The summed E-state index contributed by atoms with van der Waals surface area (Å²) in [6.07, 6.45) is 10.0. The summed E-state index contributed by atoms with van der Waals surface area (Å²) in [5.41, 5.74) is 0. The minimum Gasteiger partial charge on any atom is -0.683 e. The normalized spacial score (nSPS) is 14.2. The van der Waals surface area contributed by atoms with Crippen molar-refractivity contribution >= 4 is 0 Å². The molecule has 0 aliphatic heterocycles. The molecule has 0 aromatic rings. The van der Waals surface area contributed by atoms with Gasteiger partial charge >= 0.3 is 35.6 Å². The monoisotopic (exact) mass is 382 g/mol. The van der Waals surface area contributed by atoms with Gasteiger partial charge in [-0.05, 0) is 12.3 Å². The van der Waals surface area contributed by atoms with E-state index in [2.05, 4.69) is 10.6 Å². The average Bonchev–Trinajstić information content (AvgIpc) is 2.79. The van der Waals surface area contributed by atoms with E-state index < -0.39 is 0 Å². The first-order chi connectivity index (χ1) is 7.85. The van der Waals surface area contributed by atoms with E-state index in [0.717, 1.165) is 12.5 Å². The average molecular weight is 382 g/mol. The van der Waals surface area contributed by atoms with Crippen LogP contribution in [0.25, 0.3) is 10.6 Å². The maximum Gasteiger partial charge on any atom is 3.00 e. The first-order valence-electron chi connectivity index (χ1n) is 6.45. The van der Waals surface area contributed by atoms with Gasteiger partial charge < -0.3 is 22.8 Å². The van der Waals surface area contributed by atoms with Gasteiger partial charge in [-0.15, -0.1) is 0 Å². The maximum atomic E-state index is 5.01. The molecule has 0 saturated heterocycles. The van der Waals surface area contributed by atoms with Crippen molar-refractivity contribution in [2.45, 2.75) is 44.9 Å². The summed E-state index contributed by atoms with van der Waals surface area (Å²) in [5, 5.41) is 7.38. The van der Waals surface area contributed by atoms with Crippen LogP contribution >= 0.6 is 0 Å². The predicted octanol–water partition coefficient (Wildman–Crippen LogP) is 4.39. The van der Waals surface area contributed by atoms with Gasteiger partial charge in [-0.3, -0.25) is 6.67 Å². The van der Waals surface area contributed by atoms with Crippen molar-refractivity contribution in [1.29, 1.82) is 0 Å². The molecule has 18 heavy (non-hydrogen) atoms. The standard InChI is InChI=1S/C10H20O.C3H8N2.CH3.La/c1-11-9-5-4-8-10-6-2-3-7-10;1-4-3-5-2;;/h10H,2-9H2,1H3;3H2,1-2H3;1H3;/q;-2;-1;+3. The zero-order valence-electron chi connectivity index (χ0n) is 12.8. The van der Waals surface area contributed by atoms with E-state index in [4.69, 9.17) is 4.74 Å². The van der Waals surface area contributed by atoms with Crippen LogP contribution < -0.4 is 0 Å². The Kier molecular flexibility index (Phi) is 27.3. The van der Waals surface area contributed by atoms with Crippen molar-refractivity contribution in [1.82, 2.24) is 0 Å². The van der Waals surface area contributed by atoms with Crippen LogP contribution in [-0.4, -0.2) is 34.5 Å². The van der Waals surface area contributed by atoms with E-state index in [0.29, 0.717) is 6.67 Å². The Labute approximate surface area is 143 Å². The Morgan fingerprint density at radius 3 is 2.00 bits per heavy atom. The molecule has 0 bridgehead atoms.